The van der Waals surface area contributed by atoms with Crippen molar-refractivity contribution in [3.05, 3.63) is 30.2 Å². The fraction of sp³-hybridized carbons (Fsp3) is 0.636. The van der Waals surface area contributed by atoms with Gasteiger partial charge in [-0.25, -0.2) is 0 Å². The van der Waals surface area contributed by atoms with Gasteiger partial charge in [0.15, 0.2) is 0 Å². The molecule has 0 bridgehead atoms. The summed E-state index contributed by atoms with van der Waals surface area (Å²) >= 11 is 4.78. The van der Waals surface area contributed by atoms with E-state index < -0.39 is 0 Å². The molecule has 0 aromatic rings. The second kappa shape index (κ2) is 8.94. The van der Waals surface area contributed by atoms with Crippen LogP contribution >= 0.6 is 35.3 Å². The van der Waals surface area contributed by atoms with Crippen molar-refractivity contribution in [2.75, 3.05) is 5.75 Å². The Labute approximate surface area is 115 Å². The summed E-state index contributed by atoms with van der Waals surface area (Å²) in [5, 5.41) is 12.3. The fourth-order valence-electron chi connectivity index (χ4n) is 1.34. The average Bonchev–Trinajstić information content (AvgIpc) is 2.70. The van der Waals surface area contributed by atoms with E-state index in [1.54, 1.807) is 0 Å². The minimum absolute atomic E-state index is 0.387. The zero-order valence-corrected chi connectivity index (χ0v) is 12.3. The number of nitrogens with zero attached hydrogens (tertiary/aromatic N) is 1. The third-order valence-electron chi connectivity index (χ3n) is 2.18. The predicted octanol–water partition coefficient (Wildman–Crippen LogP) is 5.04. The van der Waals surface area contributed by atoms with E-state index >= 15 is 0 Å². The van der Waals surface area contributed by atoms with Crippen molar-refractivity contribution in [3.63, 3.8) is 0 Å². The Morgan fingerprint density at radius 2 is 2.18 bits per heavy atom. The van der Waals surface area contributed by atoms with Gasteiger partial charge in [0.25, 0.3) is 6.20 Å². The molecule has 0 radical (unpaired) electrons. The molecular formula is C11H17NO2S3. The lowest BCUT2D eigenvalue weighted by molar-refractivity contribution is -0.402. The van der Waals surface area contributed by atoms with Crippen molar-refractivity contribution in [2.24, 2.45) is 0 Å². The van der Waals surface area contributed by atoms with Gasteiger partial charge in [-0.05, 0) is 17.6 Å². The quantitative estimate of drug-likeness (QED) is 0.356. The monoisotopic (exact) mass is 291 g/mol. The van der Waals surface area contributed by atoms with Crippen molar-refractivity contribution >= 4 is 35.3 Å². The molecule has 0 unspecified atom stereocenters. The summed E-state index contributed by atoms with van der Waals surface area (Å²) in [7, 11) is 0. The Balaban J connectivity index is 2.08. The van der Waals surface area contributed by atoms with Crippen LogP contribution in [0.2, 0.25) is 0 Å². The van der Waals surface area contributed by atoms with Crippen molar-refractivity contribution in [1.82, 2.24) is 0 Å². The van der Waals surface area contributed by atoms with E-state index in [-0.39, 0.29) is 4.92 Å². The van der Waals surface area contributed by atoms with Gasteiger partial charge in [-0.3, -0.25) is 10.1 Å². The fourth-order valence-corrected chi connectivity index (χ4v) is 4.86. The lowest BCUT2D eigenvalue weighted by atomic mass is 10.2. The maximum absolute atomic E-state index is 10.3. The third kappa shape index (κ3) is 7.06. The minimum atomic E-state index is -0.387. The van der Waals surface area contributed by atoms with Crippen molar-refractivity contribution in [3.8, 4) is 0 Å². The van der Waals surface area contributed by atoms with Crippen LogP contribution in [0, 0.1) is 10.1 Å². The van der Waals surface area contributed by atoms with Crippen molar-refractivity contribution in [2.45, 2.75) is 39.0 Å². The molecule has 0 saturated carbocycles. The SMILES string of the molecule is CCCCCCCSC1=CS/C(=C\[N+](=O)[O-])S1. The molecule has 0 aromatic carbocycles. The maximum atomic E-state index is 10.3. The van der Waals surface area contributed by atoms with E-state index in [2.05, 4.69) is 6.92 Å². The first kappa shape index (κ1) is 15.0. The van der Waals surface area contributed by atoms with E-state index in [9.17, 15) is 10.1 Å². The molecule has 0 saturated heterocycles. The molecule has 1 rings (SSSR count). The van der Waals surface area contributed by atoms with Gasteiger partial charge in [-0.15, -0.1) is 11.8 Å². The van der Waals surface area contributed by atoms with E-state index in [0.717, 1.165) is 16.2 Å². The van der Waals surface area contributed by atoms with E-state index in [0.29, 0.717) is 0 Å². The molecule has 0 spiro atoms. The van der Waals surface area contributed by atoms with Crippen LogP contribution in [0.5, 0.6) is 0 Å². The second-order valence-corrected chi connectivity index (χ2v) is 7.30. The largest absolute Gasteiger partial charge is 0.259 e. The third-order valence-corrected chi connectivity index (χ3v) is 5.83. The molecule has 0 N–H and O–H groups in total. The predicted molar refractivity (Wildman–Crippen MR) is 79.6 cm³/mol. The van der Waals surface area contributed by atoms with Gasteiger partial charge in [-0.1, -0.05) is 56.1 Å². The summed E-state index contributed by atoms with van der Waals surface area (Å²) in [5.41, 5.74) is 0. The van der Waals surface area contributed by atoms with Crippen molar-refractivity contribution < 1.29 is 4.92 Å². The molecule has 1 aliphatic heterocycles. The number of unbranched alkanes of at least 4 members (excludes halogenated alkanes) is 4. The first-order valence-electron chi connectivity index (χ1n) is 5.75. The molecule has 0 fully saturated rings. The second-order valence-electron chi connectivity index (χ2n) is 3.65. The van der Waals surface area contributed by atoms with Gasteiger partial charge in [0, 0.05) is 0 Å². The van der Waals surface area contributed by atoms with Crippen molar-refractivity contribution in [1.29, 1.82) is 0 Å². The molecule has 6 heteroatoms. The number of hydrogen-bond donors (Lipinski definition) is 0. The zero-order chi connectivity index (χ0) is 12.5. The molecule has 17 heavy (non-hydrogen) atoms. The smallest absolute Gasteiger partial charge is 0.255 e. The van der Waals surface area contributed by atoms with Gasteiger partial charge >= 0.3 is 0 Å². The summed E-state index contributed by atoms with van der Waals surface area (Å²) in [6.45, 7) is 2.22. The van der Waals surface area contributed by atoms with Crippen LogP contribution in [0.15, 0.2) is 20.1 Å². The van der Waals surface area contributed by atoms with E-state index in [4.69, 9.17) is 0 Å². The van der Waals surface area contributed by atoms with Crippen LogP contribution in [0.3, 0.4) is 0 Å². The molecule has 96 valence electrons. The highest BCUT2D eigenvalue weighted by atomic mass is 32.2. The maximum Gasteiger partial charge on any atom is 0.255 e. The average molecular weight is 291 g/mol. The molecule has 0 atom stereocenters. The topological polar surface area (TPSA) is 43.1 Å². The molecule has 0 aliphatic carbocycles. The molecule has 0 amide bonds. The Morgan fingerprint density at radius 3 is 2.88 bits per heavy atom. The van der Waals surface area contributed by atoms with E-state index in [1.807, 2.05) is 17.2 Å². The van der Waals surface area contributed by atoms with Crippen LogP contribution in [0.4, 0.5) is 0 Å². The first-order chi connectivity index (χ1) is 8.22. The van der Waals surface area contributed by atoms with Gasteiger partial charge in [0.05, 0.1) is 9.16 Å². The molecular weight excluding hydrogens is 274 g/mol. The lowest BCUT2D eigenvalue weighted by Gasteiger charge is -2.00. The van der Waals surface area contributed by atoms with Gasteiger partial charge in [0.1, 0.15) is 4.24 Å². The molecule has 0 aromatic heterocycles. The normalized spacial score (nSPS) is 17.5. The summed E-state index contributed by atoms with van der Waals surface area (Å²) in [4.78, 5) is 9.91. The molecule has 3 nitrogen and oxygen atoms in total. The highest BCUT2D eigenvalue weighted by Gasteiger charge is 2.15. The highest BCUT2D eigenvalue weighted by Crippen LogP contribution is 2.48. The van der Waals surface area contributed by atoms with Gasteiger partial charge < -0.3 is 0 Å². The van der Waals surface area contributed by atoms with Gasteiger partial charge in [-0.2, -0.15) is 0 Å². The Hall–Kier alpha value is -0.0700. The summed E-state index contributed by atoms with van der Waals surface area (Å²) in [6, 6.07) is 0. The van der Waals surface area contributed by atoms with E-state index in [1.165, 1.54) is 59.9 Å². The Kier molecular flexibility index (Phi) is 7.88. The highest BCUT2D eigenvalue weighted by molar-refractivity contribution is 8.35. The summed E-state index contributed by atoms with van der Waals surface area (Å²) < 4.78 is 1.96. The zero-order valence-electron chi connectivity index (χ0n) is 9.89. The Bertz CT molecular complexity index is 316. The molecule has 1 aliphatic rings. The standard InChI is InChI=1S/C11H17NO2S3/c1-2-3-4-5-6-7-15-11-9-16-10(17-11)8-12(13)14/h8-9H,2-7H2,1H3/b10-8+. The van der Waals surface area contributed by atoms with Crippen LogP contribution < -0.4 is 0 Å². The van der Waals surface area contributed by atoms with Gasteiger partial charge in [0.2, 0.25) is 0 Å². The number of hydrogen-bond acceptors (Lipinski definition) is 5. The number of rotatable bonds is 8. The molecule has 1 heterocycles. The first-order valence-corrected chi connectivity index (χ1v) is 8.43. The minimum Gasteiger partial charge on any atom is -0.259 e. The van der Waals surface area contributed by atoms with Crippen LogP contribution in [0.1, 0.15) is 39.0 Å². The lowest BCUT2D eigenvalue weighted by Crippen LogP contribution is -1.83. The van der Waals surface area contributed by atoms with Crippen LogP contribution in [0.25, 0.3) is 0 Å². The number of nitro groups is 1. The van der Waals surface area contributed by atoms with Crippen LogP contribution in [-0.4, -0.2) is 10.7 Å². The summed E-state index contributed by atoms with van der Waals surface area (Å²) in [5.74, 6) is 1.12. The Morgan fingerprint density at radius 1 is 1.41 bits per heavy atom. The van der Waals surface area contributed by atoms with Crippen LogP contribution in [-0.2, 0) is 0 Å². The summed E-state index contributed by atoms with van der Waals surface area (Å²) in [6.07, 6.45) is 7.55. The number of thioether (sulfide) groups is 3.